The van der Waals surface area contributed by atoms with E-state index >= 15 is 0 Å². The van der Waals surface area contributed by atoms with Gasteiger partial charge < -0.3 is 4.74 Å². The molecule has 39 heavy (non-hydrogen) atoms. The Morgan fingerprint density at radius 1 is 1.05 bits per heavy atom. The summed E-state index contributed by atoms with van der Waals surface area (Å²) in [6, 6.07) is 9.21. The predicted molar refractivity (Wildman–Crippen MR) is 140 cm³/mol. The van der Waals surface area contributed by atoms with Crippen molar-refractivity contribution in [3.05, 3.63) is 81.6 Å². The minimum absolute atomic E-state index is 0.0245. The lowest BCUT2D eigenvalue weighted by molar-refractivity contribution is -0.137. The van der Waals surface area contributed by atoms with Crippen LogP contribution in [0.2, 0.25) is 10.0 Å². The molecule has 2 heterocycles. The standard InChI is InChI=1S/C25H21Cl2F3N4O4S/c1-3-33-21-7-5-15(9-17(21)12-32-33)14-34(23-20(27)11-18(13-31-23)25(28,29)30)39(36,37)22-8-6-16(10-19(22)26)24(35)38-4-2/h5-13H,3-4,14H2,1-2H3. The SMILES string of the molecule is CCOC(=O)c1ccc(S(=O)(=O)N(Cc2ccc3c(cnn3CC)c2)c2ncc(C(F)(F)F)cc2Cl)c(Cl)c1. The van der Waals surface area contributed by atoms with E-state index in [4.69, 9.17) is 27.9 Å². The van der Waals surface area contributed by atoms with E-state index in [9.17, 15) is 26.4 Å². The van der Waals surface area contributed by atoms with Gasteiger partial charge in [-0.3, -0.25) is 4.68 Å². The molecular weight excluding hydrogens is 580 g/mol. The molecule has 0 N–H and O–H groups in total. The zero-order valence-corrected chi connectivity index (χ0v) is 22.9. The highest BCUT2D eigenvalue weighted by Gasteiger charge is 2.35. The third-order valence-electron chi connectivity index (χ3n) is 5.73. The van der Waals surface area contributed by atoms with Crippen molar-refractivity contribution in [1.29, 1.82) is 0 Å². The van der Waals surface area contributed by atoms with Gasteiger partial charge in [-0.05, 0) is 55.8 Å². The van der Waals surface area contributed by atoms with Crippen LogP contribution < -0.4 is 4.31 Å². The first kappa shape index (κ1) is 28.7. The first-order chi connectivity index (χ1) is 18.4. The average Bonchev–Trinajstić information content (AvgIpc) is 3.29. The van der Waals surface area contributed by atoms with E-state index in [0.29, 0.717) is 24.4 Å². The van der Waals surface area contributed by atoms with Crippen molar-refractivity contribution in [1.82, 2.24) is 14.8 Å². The summed E-state index contributed by atoms with van der Waals surface area (Å²) in [6.07, 6.45) is -2.62. The molecule has 0 aliphatic carbocycles. The topological polar surface area (TPSA) is 94.4 Å². The maximum Gasteiger partial charge on any atom is 0.417 e. The second-order valence-corrected chi connectivity index (χ2v) is 10.9. The molecule has 0 unspecified atom stereocenters. The van der Waals surface area contributed by atoms with Gasteiger partial charge in [0.25, 0.3) is 10.0 Å². The molecule has 0 saturated heterocycles. The molecule has 0 bridgehead atoms. The summed E-state index contributed by atoms with van der Waals surface area (Å²) in [7, 11) is -4.56. The van der Waals surface area contributed by atoms with E-state index in [1.54, 1.807) is 36.0 Å². The third-order valence-corrected chi connectivity index (χ3v) is 8.23. The number of benzene rings is 2. The van der Waals surface area contributed by atoms with Crippen LogP contribution in [0.25, 0.3) is 10.9 Å². The lowest BCUT2D eigenvalue weighted by atomic mass is 10.1. The number of halogens is 5. The molecular formula is C25H21Cl2F3N4O4S. The number of nitrogens with zero attached hydrogens (tertiary/aromatic N) is 4. The lowest BCUT2D eigenvalue weighted by Crippen LogP contribution is -2.32. The second kappa shape index (κ2) is 11.0. The summed E-state index contributed by atoms with van der Waals surface area (Å²) < 4.78 is 75.0. The summed E-state index contributed by atoms with van der Waals surface area (Å²) in [5.74, 6) is -1.13. The van der Waals surface area contributed by atoms with Gasteiger partial charge in [-0.25, -0.2) is 22.5 Å². The van der Waals surface area contributed by atoms with Gasteiger partial charge in [-0.15, -0.1) is 0 Å². The molecule has 0 aliphatic rings. The maximum atomic E-state index is 13.9. The highest BCUT2D eigenvalue weighted by molar-refractivity contribution is 7.93. The molecule has 206 valence electrons. The highest BCUT2D eigenvalue weighted by Crippen LogP contribution is 2.37. The van der Waals surface area contributed by atoms with Crippen molar-refractivity contribution in [3.63, 3.8) is 0 Å². The summed E-state index contributed by atoms with van der Waals surface area (Å²) >= 11 is 12.5. The molecule has 0 spiro atoms. The zero-order chi connectivity index (χ0) is 28.5. The lowest BCUT2D eigenvalue weighted by Gasteiger charge is -2.25. The van der Waals surface area contributed by atoms with Crippen LogP contribution in [0.3, 0.4) is 0 Å². The number of carbonyl (C=O) groups excluding carboxylic acids is 1. The fourth-order valence-electron chi connectivity index (χ4n) is 3.87. The molecule has 0 fully saturated rings. The number of pyridine rings is 1. The Balaban J connectivity index is 1.83. The van der Waals surface area contributed by atoms with Crippen LogP contribution in [0.5, 0.6) is 0 Å². The van der Waals surface area contributed by atoms with Gasteiger partial charge in [0.2, 0.25) is 0 Å². The van der Waals surface area contributed by atoms with Gasteiger partial charge in [-0.1, -0.05) is 29.3 Å². The van der Waals surface area contributed by atoms with Gasteiger partial charge in [-0.2, -0.15) is 18.3 Å². The van der Waals surface area contributed by atoms with Crippen molar-refractivity contribution < 1.29 is 31.1 Å². The molecule has 2 aromatic heterocycles. The number of aryl methyl sites for hydroxylation is 1. The number of hydrogen-bond acceptors (Lipinski definition) is 6. The van der Waals surface area contributed by atoms with Gasteiger partial charge in [0.15, 0.2) is 5.82 Å². The molecule has 14 heteroatoms. The summed E-state index contributed by atoms with van der Waals surface area (Å²) in [6.45, 7) is 3.91. The largest absolute Gasteiger partial charge is 0.462 e. The normalized spacial score (nSPS) is 12.1. The number of carbonyl (C=O) groups is 1. The Morgan fingerprint density at radius 2 is 1.79 bits per heavy atom. The number of anilines is 1. The van der Waals surface area contributed by atoms with E-state index < -0.39 is 43.5 Å². The number of aromatic nitrogens is 3. The number of esters is 1. The van der Waals surface area contributed by atoms with E-state index in [1.165, 1.54) is 6.07 Å². The van der Waals surface area contributed by atoms with Crippen LogP contribution in [-0.4, -0.2) is 35.8 Å². The summed E-state index contributed by atoms with van der Waals surface area (Å²) in [5, 5.41) is 4.17. The molecule has 0 amide bonds. The van der Waals surface area contributed by atoms with Crippen LogP contribution in [-0.2, 0) is 34.0 Å². The number of fused-ring (bicyclic) bond motifs is 1. The van der Waals surface area contributed by atoms with Gasteiger partial charge >= 0.3 is 12.1 Å². The molecule has 0 saturated carbocycles. The number of rotatable bonds is 8. The quantitative estimate of drug-likeness (QED) is 0.219. The van der Waals surface area contributed by atoms with Crippen LogP contribution >= 0.6 is 23.2 Å². The Bertz CT molecular complexity index is 1660. The number of alkyl halides is 3. The zero-order valence-electron chi connectivity index (χ0n) is 20.5. The van der Waals surface area contributed by atoms with E-state index in [-0.39, 0.29) is 23.7 Å². The highest BCUT2D eigenvalue weighted by atomic mass is 35.5. The van der Waals surface area contributed by atoms with E-state index in [1.807, 2.05) is 6.92 Å². The van der Waals surface area contributed by atoms with E-state index in [0.717, 1.165) is 27.3 Å². The fourth-order valence-corrected chi connectivity index (χ4v) is 6.13. The maximum absolute atomic E-state index is 13.9. The monoisotopic (exact) mass is 600 g/mol. The van der Waals surface area contributed by atoms with Gasteiger partial charge in [0.05, 0.1) is 46.0 Å². The Morgan fingerprint density at radius 3 is 2.41 bits per heavy atom. The van der Waals surface area contributed by atoms with Crippen molar-refractivity contribution in [3.8, 4) is 0 Å². The smallest absolute Gasteiger partial charge is 0.417 e. The van der Waals surface area contributed by atoms with Crippen LogP contribution in [0, 0.1) is 0 Å². The Kier molecular flexibility index (Phi) is 8.10. The first-order valence-corrected chi connectivity index (χ1v) is 13.7. The van der Waals surface area contributed by atoms with Crippen LogP contribution in [0.4, 0.5) is 19.0 Å². The summed E-state index contributed by atoms with van der Waals surface area (Å²) in [4.78, 5) is 15.4. The molecule has 2 aromatic carbocycles. The molecule has 4 rings (SSSR count). The fraction of sp³-hybridized carbons (Fsp3) is 0.240. The molecule has 0 aliphatic heterocycles. The molecule has 0 atom stereocenters. The Hall–Kier alpha value is -3.35. The first-order valence-electron chi connectivity index (χ1n) is 11.5. The number of hydrogen-bond donors (Lipinski definition) is 0. The van der Waals surface area contributed by atoms with Crippen molar-refractivity contribution in [2.45, 2.75) is 38.0 Å². The van der Waals surface area contributed by atoms with Crippen molar-refractivity contribution in [2.24, 2.45) is 0 Å². The van der Waals surface area contributed by atoms with Gasteiger partial charge in [0.1, 0.15) is 4.90 Å². The Labute approximate surface area is 232 Å². The van der Waals surface area contributed by atoms with Gasteiger partial charge in [0, 0.05) is 18.1 Å². The van der Waals surface area contributed by atoms with E-state index in [2.05, 4.69) is 10.1 Å². The number of ether oxygens (including phenoxy) is 1. The number of sulfonamides is 1. The summed E-state index contributed by atoms with van der Waals surface area (Å²) in [5.41, 5.74) is 0.188. The average molecular weight is 601 g/mol. The van der Waals surface area contributed by atoms with Crippen molar-refractivity contribution in [2.75, 3.05) is 10.9 Å². The third kappa shape index (κ3) is 5.82. The van der Waals surface area contributed by atoms with Crippen LogP contribution in [0.1, 0.15) is 35.3 Å². The van der Waals surface area contributed by atoms with Crippen LogP contribution in [0.15, 0.2) is 59.8 Å². The molecule has 0 radical (unpaired) electrons. The predicted octanol–water partition coefficient (Wildman–Crippen LogP) is 6.35. The van der Waals surface area contributed by atoms with Crippen molar-refractivity contribution >= 4 is 55.9 Å². The molecule has 4 aromatic rings. The molecule has 8 nitrogen and oxygen atoms in total. The minimum atomic E-state index is -4.74. The second-order valence-electron chi connectivity index (χ2n) is 8.26. The minimum Gasteiger partial charge on any atom is -0.462 e.